The van der Waals surface area contributed by atoms with Crippen LogP contribution in [-0.4, -0.2) is 39.2 Å². The molecule has 0 unspecified atom stereocenters. The summed E-state index contributed by atoms with van der Waals surface area (Å²) in [6, 6.07) is 14.4. The molecule has 0 heterocycles. The smallest absolute Gasteiger partial charge is 0.337 e. The van der Waals surface area contributed by atoms with E-state index in [-0.39, 0.29) is 41.2 Å². The van der Waals surface area contributed by atoms with Gasteiger partial charge in [-0.05, 0) is 48.6 Å². The van der Waals surface area contributed by atoms with Crippen molar-refractivity contribution in [1.82, 2.24) is 10.6 Å². The largest absolute Gasteiger partial charge is 0.465 e. The Hall–Kier alpha value is -2.16. The van der Waals surface area contributed by atoms with E-state index >= 15 is 0 Å². The molecular weight excluding hydrogens is 484 g/mol. The molecule has 1 fully saturated rings. The van der Waals surface area contributed by atoms with E-state index in [1.54, 1.807) is 25.2 Å². The van der Waals surface area contributed by atoms with Crippen LogP contribution in [0.5, 0.6) is 0 Å². The molecule has 1 saturated carbocycles. The van der Waals surface area contributed by atoms with Gasteiger partial charge >= 0.3 is 5.97 Å². The van der Waals surface area contributed by atoms with Crippen molar-refractivity contribution < 1.29 is 13.9 Å². The van der Waals surface area contributed by atoms with Crippen molar-refractivity contribution in [2.45, 2.75) is 24.7 Å². The summed E-state index contributed by atoms with van der Waals surface area (Å²) < 4.78 is 18.8. The minimum atomic E-state index is -0.335. The van der Waals surface area contributed by atoms with Crippen LogP contribution in [-0.2, 0) is 16.6 Å². The van der Waals surface area contributed by atoms with E-state index in [9.17, 15) is 9.18 Å². The van der Waals surface area contributed by atoms with E-state index in [0.717, 1.165) is 30.4 Å². The number of hydrogen-bond acceptors (Lipinski definition) is 3. The molecule has 1 aliphatic carbocycles. The second-order valence-electron chi connectivity index (χ2n) is 7.05. The third-order valence-corrected chi connectivity index (χ3v) is 5.20. The van der Waals surface area contributed by atoms with Crippen LogP contribution in [0.1, 0.15) is 34.3 Å². The van der Waals surface area contributed by atoms with Gasteiger partial charge in [-0.1, -0.05) is 30.3 Å². The van der Waals surface area contributed by atoms with Crippen LogP contribution in [0.3, 0.4) is 0 Å². The number of benzene rings is 2. The topological polar surface area (TPSA) is 62.7 Å². The maximum atomic E-state index is 14.1. The molecule has 7 heteroatoms. The number of guanidine groups is 1. The van der Waals surface area contributed by atoms with Crippen molar-refractivity contribution in [2.75, 3.05) is 27.2 Å². The molecule has 3 rings (SSSR count). The van der Waals surface area contributed by atoms with Crippen molar-refractivity contribution >= 4 is 35.9 Å². The summed E-state index contributed by atoms with van der Waals surface area (Å²) in [5, 5.41) is 6.61. The molecule has 0 atom stereocenters. The zero-order chi connectivity index (χ0) is 20.0. The molecule has 0 amide bonds. The number of halogens is 2. The van der Waals surface area contributed by atoms with Crippen LogP contribution < -0.4 is 10.6 Å². The Morgan fingerprint density at radius 3 is 2.41 bits per heavy atom. The first-order chi connectivity index (χ1) is 13.6. The number of rotatable bonds is 7. The first-order valence-corrected chi connectivity index (χ1v) is 9.45. The molecule has 0 spiro atoms. The summed E-state index contributed by atoms with van der Waals surface area (Å²) >= 11 is 0. The Morgan fingerprint density at radius 1 is 1.14 bits per heavy atom. The van der Waals surface area contributed by atoms with E-state index in [1.807, 2.05) is 24.3 Å². The van der Waals surface area contributed by atoms with E-state index in [1.165, 1.54) is 13.2 Å². The quantitative estimate of drug-likeness (QED) is 0.258. The monoisotopic (exact) mass is 511 g/mol. The van der Waals surface area contributed by atoms with Gasteiger partial charge in [0, 0.05) is 25.6 Å². The maximum Gasteiger partial charge on any atom is 0.337 e. The van der Waals surface area contributed by atoms with Crippen molar-refractivity contribution in [2.24, 2.45) is 4.99 Å². The fourth-order valence-electron chi connectivity index (χ4n) is 3.31. The fraction of sp³-hybridized carbons (Fsp3) is 0.364. The van der Waals surface area contributed by atoms with Crippen LogP contribution in [0.2, 0.25) is 0 Å². The summed E-state index contributed by atoms with van der Waals surface area (Å²) in [7, 11) is 3.10. The first-order valence-electron chi connectivity index (χ1n) is 9.45. The highest BCUT2D eigenvalue weighted by atomic mass is 127. The lowest BCUT2D eigenvalue weighted by atomic mass is 9.95. The zero-order valence-electron chi connectivity index (χ0n) is 16.7. The summed E-state index contributed by atoms with van der Waals surface area (Å²) in [4.78, 5) is 15.7. The number of aliphatic imine (C=N–C) groups is 1. The Morgan fingerprint density at radius 2 is 1.83 bits per heavy atom. The summed E-state index contributed by atoms with van der Waals surface area (Å²) in [5.41, 5.74) is 2.30. The summed E-state index contributed by atoms with van der Waals surface area (Å²) in [5.74, 6) is 0.229. The SMILES string of the molecule is CN=C(NCCc1ccc(C(=O)OC)cc1)NCC1(c2ccccc2F)CC1.I. The van der Waals surface area contributed by atoms with Gasteiger partial charge in [0.25, 0.3) is 0 Å². The van der Waals surface area contributed by atoms with Gasteiger partial charge in [-0.15, -0.1) is 24.0 Å². The molecule has 2 aromatic carbocycles. The minimum absolute atomic E-state index is 0. The van der Waals surface area contributed by atoms with E-state index in [0.29, 0.717) is 24.6 Å². The molecule has 2 N–H and O–H groups in total. The van der Waals surface area contributed by atoms with Crippen molar-refractivity contribution in [3.8, 4) is 0 Å². The predicted octanol–water partition coefficient (Wildman–Crippen LogP) is 3.67. The standard InChI is InChI=1S/C22H26FN3O2.HI/c1-24-21(25-14-11-16-7-9-17(10-8-16)20(27)28-2)26-15-22(12-13-22)18-5-3-4-6-19(18)23;/h3-10H,11-15H2,1-2H3,(H2,24,25,26);1H. The Bertz CT molecular complexity index is 851. The molecule has 156 valence electrons. The molecule has 0 radical (unpaired) electrons. The second-order valence-corrected chi connectivity index (χ2v) is 7.05. The second kappa shape index (κ2) is 10.6. The van der Waals surface area contributed by atoms with Gasteiger partial charge in [0.05, 0.1) is 12.7 Å². The number of methoxy groups -OCH3 is 1. The number of esters is 1. The Balaban J connectivity index is 0.00000300. The molecule has 29 heavy (non-hydrogen) atoms. The highest BCUT2D eigenvalue weighted by Gasteiger charge is 2.45. The van der Waals surface area contributed by atoms with Gasteiger partial charge in [-0.3, -0.25) is 4.99 Å². The zero-order valence-corrected chi connectivity index (χ0v) is 19.0. The summed E-state index contributed by atoms with van der Waals surface area (Å²) in [6.07, 6.45) is 2.75. The maximum absolute atomic E-state index is 14.1. The van der Waals surface area contributed by atoms with Gasteiger partial charge in [-0.2, -0.15) is 0 Å². The molecule has 0 saturated heterocycles. The molecule has 0 aromatic heterocycles. The fourth-order valence-corrected chi connectivity index (χ4v) is 3.31. The van der Waals surface area contributed by atoms with Gasteiger partial charge in [0.15, 0.2) is 5.96 Å². The highest BCUT2D eigenvalue weighted by molar-refractivity contribution is 14.0. The Kier molecular flexibility index (Phi) is 8.43. The van der Waals surface area contributed by atoms with Gasteiger partial charge in [-0.25, -0.2) is 9.18 Å². The number of nitrogens with one attached hydrogen (secondary N) is 2. The highest BCUT2D eigenvalue weighted by Crippen LogP contribution is 2.48. The van der Waals surface area contributed by atoms with Crippen LogP contribution >= 0.6 is 24.0 Å². The lowest BCUT2D eigenvalue weighted by molar-refractivity contribution is 0.0600. The number of hydrogen-bond donors (Lipinski definition) is 2. The molecular formula is C22H27FIN3O2. The molecule has 2 aromatic rings. The lowest BCUT2D eigenvalue weighted by Gasteiger charge is -2.19. The molecule has 0 bridgehead atoms. The number of carbonyl (C=O) groups is 1. The third kappa shape index (κ3) is 5.91. The van der Waals surface area contributed by atoms with Crippen LogP contribution in [0.4, 0.5) is 4.39 Å². The molecule has 1 aliphatic rings. The van der Waals surface area contributed by atoms with Crippen molar-refractivity contribution in [3.63, 3.8) is 0 Å². The molecule has 0 aliphatic heterocycles. The van der Waals surface area contributed by atoms with Gasteiger partial charge in [0.1, 0.15) is 5.82 Å². The van der Waals surface area contributed by atoms with E-state index < -0.39 is 0 Å². The normalized spacial score (nSPS) is 14.5. The third-order valence-electron chi connectivity index (χ3n) is 5.20. The van der Waals surface area contributed by atoms with Crippen molar-refractivity contribution in [3.05, 3.63) is 71.0 Å². The van der Waals surface area contributed by atoms with E-state index in [4.69, 9.17) is 4.74 Å². The van der Waals surface area contributed by atoms with E-state index in [2.05, 4.69) is 15.6 Å². The first kappa shape index (κ1) is 23.1. The average molecular weight is 511 g/mol. The van der Waals surface area contributed by atoms with Crippen LogP contribution in [0, 0.1) is 5.82 Å². The number of nitrogens with zero attached hydrogens (tertiary/aromatic N) is 1. The van der Waals surface area contributed by atoms with Crippen molar-refractivity contribution in [1.29, 1.82) is 0 Å². The van der Waals surface area contributed by atoms with Gasteiger partial charge < -0.3 is 15.4 Å². The predicted molar refractivity (Wildman–Crippen MR) is 124 cm³/mol. The average Bonchev–Trinajstić information content (AvgIpc) is 3.51. The lowest BCUT2D eigenvalue weighted by Crippen LogP contribution is -2.42. The Labute approximate surface area is 188 Å². The van der Waals surface area contributed by atoms with Gasteiger partial charge in [0.2, 0.25) is 0 Å². The number of carbonyl (C=O) groups excluding carboxylic acids is 1. The number of ether oxygens (including phenoxy) is 1. The molecule has 5 nitrogen and oxygen atoms in total. The minimum Gasteiger partial charge on any atom is -0.465 e. The van der Waals surface area contributed by atoms with Crippen LogP contribution in [0.15, 0.2) is 53.5 Å². The van der Waals surface area contributed by atoms with Crippen LogP contribution in [0.25, 0.3) is 0 Å². The summed E-state index contributed by atoms with van der Waals surface area (Å²) in [6.45, 7) is 1.35.